The summed E-state index contributed by atoms with van der Waals surface area (Å²) in [5.74, 6) is 0. The van der Waals surface area contributed by atoms with Crippen molar-refractivity contribution in [3.8, 4) is 0 Å². The van der Waals surface area contributed by atoms with E-state index in [4.69, 9.17) is 0 Å². The fraction of sp³-hybridized carbons (Fsp3) is 0.385. The van der Waals surface area contributed by atoms with Crippen LogP contribution in [-0.2, 0) is 13.0 Å². The van der Waals surface area contributed by atoms with Gasteiger partial charge < -0.3 is 9.67 Å². The highest BCUT2D eigenvalue weighted by atomic mass is 79.9. The van der Waals surface area contributed by atoms with E-state index in [2.05, 4.69) is 45.6 Å². The first kappa shape index (κ1) is 11.7. The van der Waals surface area contributed by atoms with Crippen LogP contribution >= 0.6 is 15.9 Å². The number of hydrogen-bond donors (Lipinski definition) is 1. The minimum atomic E-state index is -0.298. The molecule has 1 N–H and O–H groups in total. The predicted molar refractivity (Wildman–Crippen MR) is 70.7 cm³/mol. The third-order valence-electron chi connectivity index (χ3n) is 2.80. The smallest absolute Gasteiger partial charge is 0.0566 e. The Balaban J connectivity index is 2.61. The number of benzene rings is 1. The summed E-state index contributed by atoms with van der Waals surface area (Å²) in [5.41, 5.74) is 2.42. The second kappa shape index (κ2) is 4.60. The van der Waals surface area contributed by atoms with Crippen LogP contribution in [-0.4, -0.2) is 15.8 Å². The van der Waals surface area contributed by atoms with E-state index < -0.39 is 0 Å². The second-order valence-electron chi connectivity index (χ2n) is 4.11. The first-order valence-electron chi connectivity index (χ1n) is 5.58. The predicted octanol–water partition coefficient (Wildman–Crippen LogP) is 3.35. The van der Waals surface area contributed by atoms with Gasteiger partial charge in [-0.2, -0.15) is 0 Å². The Hall–Kier alpha value is -0.800. The van der Waals surface area contributed by atoms with Crippen LogP contribution in [0.25, 0.3) is 10.9 Å². The molecule has 2 nitrogen and oxygen atoms in total. The van der Waals surface area contributed by atoms with Gasteiger partial charge in [0.15, 0.2) is 0 Å². The van der Waals surface area contributed by atoms with Crippen LogP contribution in [0.1, 0.15) is 19.5 Å². The summed E-state index contributed by atoms with van der Waals surface area (Å²) in [6.07, 6.45) is 0.406. The zero-order valence-electron chi connectivity index (χ0n) is 9.57. The summed E-state index contributed by atoms with van der Waals surface area (Å²) in [6.45, 7) is 4.89. The molecule has 2 aromatic rings. The van der Waals surface area contributed by atoms with Gasteiger partial charge in [0.25, 0.3) is 0 Å². The molecule has 86 valence electrons. The van der Waals surface area contributed by atoms with Crippen LogP contribution in [0, 0.1) is 0 Å². The van der Waals surface area contributed by atoms with Gasteiger partial charge in [-0.15, -0.1) is 0 Å². The molecule has 0 saturated carbocycles. The van der Waals surface area contributed by atoms with Crippen molar-refractivity contribution in [1.82, 2.24) is 4.57 Å². The lowest BCUT2D eigenvalue weighted by Crippen LogP contribution is -2.09. The van der Waals surface area contributed by atoms with Crippen LogP contribution in [0.15, 0.2) is 28.7 Å². The van der Waals surface area contributed by atoms with Crippen molar-refractivity contribution in [3.05, 3.63) is 34.4 Å². The summed E-state index contributed by atoms with van der Waals surface area (Å²) in [5, 5.41) is 10.7. The van der Waals surface area contributed by atoms with E-state index in [0.29, 0.717) is 6.42 Å². The average Bonchev–Trinajstić information content (AvgIpc) is 2.56. The van der Waals surface area contributed by atoms with Crippen molar-refractivity contribution in [2.24, 2.45) is 0 Å². The van der Waals surface area contributed by atoms with Crippen LogP contribution < -0.4 is 0 Å². The number of aromatic nitrogens is 1. The maximum atomic E-state index is 9.50. The maximum Gasteiger partial charge on any atom is 0.0566 e. The maximum absolute atomic E-state index is 9.50. The molecule has 1 aromatic carbocycles. The molecule has 16 heavy (non-hydrogen) atoms. The molecule has 0 aliphatic heterocycles. The Morgan fingerprint density at radius 1 is 1.44 bits per heavy atom. The highest BCUT2D eigenvalue weighted by Gasteiger charge is 2.10. The summed E-state index contributed by atoms with van der Waals surface area (Å²) < 4.78 is 3.37. The Labute approximate surface area is 104 Å². The molecule has 2 rings (SSSR count). The molecule has 0 aliphatic rings. The van der Waals surface area contributed by atoms with E-state index in [1.54, 1.807) is 0 Å². The lowest BCUT2D eigenvalue weighted by atomic mass is 10.2. The summed E-state index contributed by atoms with van der Waals surface area (Å²) in [7, 11) is 0. The quantitative estimate of drug-likeness (QED) is 0.917. The highest BCUT2D eigenvalue weighted by Crippen LogP contribution is 2.27. The van der Waals surface area contributed by atoms with Gasteiger partial charge in [-0.25, -0.2) is 0 Å². The fourth-order valence-electron chi connectivity index (χ4n) is 2.15. The normalized spacial score (nSPS) is 13.2. The molecule has 0 spiro atoms. The third kappa shape index (κ3) is 2.02. The van der Waals surface area contributed by atoms with Crippen molar-refractivity contribution in [1.29, 1.82) is 0 Å². The van der Waals surface area contributed by atoms with Crippen LogP contribution in [0.2, 0.25) is 0 Å². The highest BCUT2D eigenvalue weighted by molar-refractivity contribution is 9.10. The Bertz CT molecular complexity index is 502. The minimum Gasteiger partial charge on any atom is -0.393 e. The zero-order chi connectivity index (χ0) is 11.7. The zero-order valence-corrected chi connectivity index (χ0v) is 11.2. The van der Waals surface area contributed by atoms with Crippen molar-refractivity contribution in [2.45, 2.75) is 32.9 Å². The number of aliphatic hydroxyl groups excluding tert-OH is 1. The van der Waals surface area contributed by atoms with E-state index in [1.807, 2.05) is 13.0 Å². The Kier molecular flexibility index (Phi) is 3.36. The van der Waals surface area contributed by atoms with Gasteiger partial charge in [-0.05, 0) is 32.0 Å². The van der Waals surface area contributed by atoms with E-state index in [-0.39, 0.29) is 6.10 Å². The number of nitrogens with zero attached hydrogens (tertiary/aromatic N) is 1. The molecule has 1 atom stereocenters. The van der Waals surface area contributed by atoms with Crippen molar-refractivity contribution >= 4 is 26.8 Å². The monoisotopic (exact) mass is 281 g/mol. The first-order chi connectivity index (χ1) is 7.63. The van der Waals surface area contributed by atoms with Gasteiger partial charge >= 0.3 is 0 Å². The Morgan fingerprint density at radius 3 is 2.81 bits per heavy atom. The lowest BCUT2D eigenvalue weighted by Gasteiger charge is -2.09. The molecule has 0 aliphatic carbocycles. The number of fused-ring (bicyclic) bond motifs is 1. The summed E-state index contributed by atoms with van der Waals surface area (Å²) >= 11 is 3.56. The average molecular weight is 282 g/mol. The number of aliphatic hydroxyl groups is 1. The molecule has 1 aromatic heterocycles. The summed E-state index contributed by atoms with van der Waals surface area (Å²) in [4.78, 5) is 0. The minimum absolute atomic E-state index is 0.298. The Morgan fingerprint density at radius 2 is 2.19 bits per heavy atom. The molecule has 0 fully saturated rings. The summed E-state index contributed by atoms with van der Waals surface area (Å²) in [6, 6.07) is 8.38. The molecular formula is C13H16BrNO. The van der Waals surface area contributed by atoms with Gasteiger partial charge in [0.2, 0.25) is 0 Å². The van der Waals surface area contributed by atoms with Crippen LogP contribution in [0.3, 0.4) is 0 Å². The number of aryl methyl sites for hydroxylation is 1. The van der Waals surface area contributed by atoms with Crippen LogP contribution in [0.4, 0.5) is 0 Å². The molecule has 0 radical (unpaired) electrons. The second-order valence-corrected chi connectivity index (χ2v) is 4.96. The number of hydrogen-bond acceptors (Lipinski definition) is 1. The van der Waals surface area contributed by atoms with E-state index in [0.717, 1.165) is 11.0 Å². The number of halogens is 1. The molecule has 3 heteroatoms. The van der Waals surface area contributed by atoms with Crippen LogP contribution in [0.5, 0.6) is 0 Å². The first-order valence-corrected chi connectivity index (χ1v) is 6.37. The standard InChI is InChI=1S/C13H16BrNO/c1-3-15-10(7-9(2)16)8-11-12(14)5-4-6-13(11)15/h4-6,8-9,16H,3,7H2,1-2H3. The fourth-order valence-corrected chi connectivity index (χ4v) is 2.62. The molecule has 1 unspecified atom stereocenters. The molecule has 1 heterocycles. The van der Waals surface area contributed by atoms with Crippen molar-refractivity contribution < 1.29 is 5.11 Å². The van der Waals surface area contributed by atoms with Gasteiger partial charge in [-0.3, -0.25) is 0 Å². The van der Waals surface area contributed by atoms with E-state index in [1.165, 1.54) is 16.6 Å². The van der Waals surface area contributed by atoms with Gasteiger partial charge in [0.05, 0.1) is 6.10 Å². The van der Waals surface area contributed by atoms with Crippen molar-refractivity contribution in [3.63, 3.8) is 0 Å². The van der Waals surface area contributed by atoms with Gasteiger partial charge in [-0.1, -0.05) is 22.0 Å². The van der Waals surface area contributed by atoms with Gasteiger partial charge in [0.1, 0.15) is 0 Å². The topological polar surface area (TPSA) is 25.2 Å². The molecule has 0 amide bonds. The van der Waals surface area contributed by atoms with Crippen molar-refractivity contribution in [2.75, 3.05) is 0 Å². The molecule has 0 bridgehead atoms. The van der Waals surface area contributed by atoms with Gasteiger partial charge in [0, 0.05) is 34.0 Å². The largest absolute Gasteiger partial charge is 0.393 e. The van der Waals surface area contributed by atoms with E-state index in [9.17, 15) is 5.11 Å². The van der Waals surface area contributed by atoms with E-state index >= 15 is 0 Å². The molecule has 0 saturated heterocycles. The lowest BCUT2D eigenvalue weighted by molar-refractivity contribution is 0.193. The SMILES string of the molecule is CCn1c(CC(C)O)cc2c(Br)cccc21. The molecular weight excluding hydrogens is 266 g/mol. The third-order valence-corrected chi connectivity index (χ3v) is 3.49. The number of rotatable bonds is 3.